The van der Waals surface area contributed by atoms with Gasteiger partial charge in [0.25, 0.3) is 0 Å². The molecule has 6 heteroatoms. The quantitative estimate of drug-likeness (QED) is 0.858. The molecule has 1 aliphatic heterocycles. The van der Waals surface area contributed by atoms with E-state index in [1.807, 2.05) is 0 Å². The van der Waals surface area contributed by atoms with Crippen LogP contribution in [0.15, 0.2) is 22.7 Å². The topological polar surface area (TPSA) is 15.3 Å². The number of nitrogens with zero attached hydrogens (tertiary/aromatic N) is 1. The van der Waals surface area contributed by atoms with Gasteiger partial charge in [-0.2, -0.15) is 13.2 Å². The molecule has 0 amide bonds. The second-order valence-corrected chi connectivity index (χ2v) is 4.76. The highest BCUT2D eigenvalue weighted by Crippen LogP contribution is 2.35. The first-order valence-electron chi connectivity index (χ1n) is 5.31. The molecule has 0 unspecified atom stereocenters. The molecule has 1 aliphatic rings. The van der Waals surface area contributed by atoms with Gasteiger partial charge in [0.2, 0.25) is 0 Å². The third-order valence-electron chi connectivity index (χ3n) is 2.73. The third kappa shape index (κ3) is 2.93. The predicted molar refractivity (Wildman–Crippen MR) is 64.2 cm³/mol. The summed E-state index contributed by atoms with van der Waals surface area (Å²) >= 11 is 3.21. The Morgan fingerprint density at radius 2 is 1.82 bits per heavy atom. The van der Waals surface area contributed by atoms with Gasteiger partial charge in [-0.1, -0.05) is 0 Å². The van der Waals surface area contributed by atoms with E-state index in [1.165, 1.54) is 6.07 Å². The fraction of sp³-hybridized carbons (Fsp3) is 0.455. The lowest BCUT2D eigenvalue weighted by Crippen LogP contribution is -2.43. The van der Waals surface area contributed by atoms with Crippen LogP contribution in [0.3, 0.4) is 0 Å². The van der Waals surface area contributed by atoms with Crippen molar-refractivity contribution in [1.82, 2.24) is 5.32 Å². The molecule has 1 heterocycles. The van der Waals surface area contributed by atoms with Crippen LogP contribution in [0.25, 0.3) is 0 Å². The predicted octanol–water partition coefficient (Wildman–Crippen LogP) is 2.88. The number of benzene rings is 1. The van der Waals surface area contributed by atoms with E-state index in [2.05, 4.69) is 26.1 Å². The minimum absolute atomic E-state index is 0.495. The van der Waals surface area contributed by atoms with Gasteiger partial charge in [0.05, 0.1) is 11.3 Å². The van der Waals surface area contributed by atoms with E-state index in [4.69, 9.17) is 0 Å². The lowest BCUT2D eigenvalue weighted by molar-refractivity contribution is -0.137. The van der Waals surface area contributed by atoms with E-state index in [0.29, 0.717) is 4.47 Å². The summed E-state index contributed by atoms with van der Waals surface area (Å²) in [6, 6.07) is 3.79. The van der Waals surface area contributed by atoms with Gasteiger partial charge in [-0.15, -0.1) is 0 Å². The number of rotatable bonds is 1. The smallest absolute Gasteiger partial charge is 0.368 e. The lowest BCUT2D eigenvalue weighted by atomic mass is 10.2. The second kappa shape index (κ2) is 4.86. The molecule has 0 spiro atoms. The van der Waals surface area contributed by atoms with Gasteiger partial charge in [-0.05, 0) is 34.1 Å². The van der Waals surface area contributed by atoms with Gasteiger partial charge in [-0.25, -0.2) is 0 Å². The summed E-state index contributed by atoms with van der Waals surface area (Å²) in [5, 5.41) is 3.20. The van der Waals surface area contributed by atoms with Crippen molar-refractivity contribution in [2.45, 2.75) is 6.18 Å². The Kier molecular flexibility index (Phi) is 3.63. The number of alkyl halides is 3. The number of hydrogen-bond donors (Lipinski definition) is 1. The summed E-state index contributed by atoms with van der Waals surface area (Å²) in [7, 11) is 0. The van der Waals surface area contributed by atoms with Crippen molar-refractivity contribution in [3.8, 4) is 0 Å². The lowest BCUT2D eigenvalue weighted by Gasteiger charge is -2.30. The average Bonchev–Trinajstić information content (AvgIpc) is 2.29. The number of nitrogens with one attached hydrogen (secondary N) is 1. The van der Waals surface area contributed by atoms with Crippen LogP contribution in [0.1, 0.15) is 5.56 Å². The van der Waals surface area contributed by atoms with Crippen molar-refractivity contribution in [1.29, 1.82) is 0 Å². The molecule has 94 valence electrons. The summed E-state index contributed by atoms with van der Waals surface area (Å²) in [5.74, 6) is 0. The molecule has 0 aromatic heterocycles. The minimum Gasteiger partial charge on any atom is -0.368 e. The van der Waals surface area contributed by atoms with Gasteiger partial charge in [-0.3, -0.25) is 0 Å². The Hall–Kier alpha value is -0.750. The van der Waals surface area contributed by atoms with E-state index < -0.39 is 11.7 Å². The maximum absolute atomic E-state index is 12.5. The van der Waals surface area contributed by atoms with E-state index in [1.54, 1.807) is 0 Å². The summed E-state index contributed by atoms with van der Waals surface area (Å²) in [6.45, 7) is 3.33. The van der Waals surface area contributed by atoms with Crippen LogP contribution in [0.4, 0.5) is 18.9 Å². The molecule has 1 aromatic carbocycles. The molecule has 0 radical (unpaired) electrons. The Labute approximate surface area is 106 Å². The van der Waals surface area contributed by atoms with Gasteiger partial charge in [0.1, 0.15) is 0 Å². The number of hydrogen-bond acceptors (Lipinski definition) is 2. The van der Waals surface area contributed by atoms with Gasteiger partial charge in [0, 0.05) is 30.7 Å². The molecule has 0 saturated carbocycles. The van der Waals surface area contributed by atoms with Crippen LogP contribution in [0, 0.1) is 0 Å². The monoisotopic (exact) mass is 308 g/mol. The molecule has 1 saturated heterocycles. The van der Waals surface area contributed by atoms with Gasteiger partial charge >= 0.3 is 6.18 Å². The maximum atomic E-state index is 12.5. The first-order chi connectivity index (χ1) is 7.98. The maximum Gasteiger partial charge on any atom is 0.416 e. The van der Waals surface area contributed by atoms with Gasteiger partial charge in [0.15, 0.2) is 0 Å². The Morgan fingerprint density at radius 3 is 2.35 bits per heavy atom. The number of piperazine rings is 1. The second-order valence-electron chi connectivity index (χ2n) is 3.90. The van der Waals surface area contributed by atoms with Gasteiger partial charge < -0.3 is 10.2 Å². The molecule has 0 bridgehead atoms. The first kappa shape index (κ1) is 12.7. The van der Waals surface area contributed by atoms with Crippen molar-refractivity contribution in [2.24, 2.45) is 0 Å². The molecule has 1 N–H and O–H groups in total. The summed E-state index contributed by atoms with van der Waals surface area (Å²) in [6.07, 6.45) is -4.29. The summed E-state index contributed by atoms with van der Waals surface area (Å²) in [4.78, 5) is 2.07. The third-order valence-corrected chi connectivity index (χ3v) is 3.37. The highest BCUT2D eigenvalue weighted by molar-refractivity contribution is 9.10. The van der Waals surface area contributed by atoms with E-state index in [-0.39, 0.29) is 0 Å². The first-order valence-corrected chi connectivity index (χ1v) is 6.10. The zero-order valence-electron chi connectivity index (χ0n) is 9.02. The SMILES string of the molecule is FC(F)(F)c1ccc(N2CCNCC2)c(Br)c1. The van der Waals surface area contributed by atoms with Crippen LogP contribution in [-0.4, -0.2) is 26.2 Å². The molecule has 1 fully saturated rings. The Morgan fingerprint density at radius 1 is 1.18 bits per heavy atom. The van der Waals surface area contributed by atoms with Crippen LogP contribution in [0.2, 0.25) is 0 Å². The fourth-order valence-electron chi connectivity index (χ4n) is 1.85. The zero-order chi connectivity index (χ0) is 12.5. The molecular formula is C11H12BrF3N2. The highest BCUT2D eigenvalue weighted by Gasteiger charge is 2.31. The van der Waals surface area contributed by atoms with Crippen molar-refractivity contribution in [2.75, 3.05) is 31.1 Å². The Bertz CT molecular complexity index is 400. The van der Waals surface area contributed by atoms with Crippen LogP contribution >= 0.6 is 15.9 Å². The van der Waals surface area contributed by atoms with E-state index in [9.17, 15) is 13.2 Å². The summed E-state index contributed by atoms with van der Waals surface area (Å²) < 4.78 is 38.0. The minimum atomic E-state index is -4.29. The van der Waals surface area contributed by atoms with Crippen LogP contribution < -0.4 is 10.2 Å². The van der Waals surface area contributed by atoms with Crippen molar-refractivity contribution >= 4 is 21.6 Å². The van der Waals surface area contributed by atoms with E-state index in [0.717, 1.165) is 44.0 Å². The highest BCUT2D eigenvalue weighted by atomic mass is 79.9. The molecule has 17 heavy (non-hydrogen) atoms. The standard InChI is InChI=1S/C11H12BrF3N2/c12-9-7-8(11(13,14)15)1-2-10(9)17-5-3-16-4-6-17/h1-2,7,16H,3-6H2. The van der Waals surface area contributed by atoms with Crippen LogP contribution in [-0.2, 0) is 6.18 Å². The fourth-order valence-corrected chi connectivity index (χ4v) is 2.47. The van der Waals surface area contributed by atoms with Crippen molar-refractivity contribution in [3.05, 3.63) is 28.2 Å². The summed E-state index contributed by atoms with van der Waals surface area (Å²) in [5.41, 5.74) is 0.197. The van der Waals surface area contributed by atoms with Crippen molar-refractivity contribution < 1.29 is 13.2 Å². The van der Waals surface area contributed by atoms with Crippen LogP contribution in [0.5, 0.6) is 0 Å². The molecule has 2 nitrogen and oxygen atoms in total. The van der Waals surface area contributed by atoms with E-state index >= 15 is 0 Å². The largest absolute Gasteiger partial charge is 0.416 e. The zero-order valence-corrected chi connectivity index (χ0v) is 10.6. The normalized spacial score (nSPS) is 17.3. The molecule has 2 rings (SSSR count). The Balaban J connectivity index is 2.25. The van der Waals surface area contributed by atoms with Crippen molar-refractivity contribution in [3.63, 3.8) is 0 Å². The molecule has 0 aliphatic carbocycles. The molecular weight excluding hydrogens is 297 g/mol. The molecule has 0 atom stereocenters. The number of anilines is 1. The molecule has 1 aromatic rings. The number of halogens is 4. The average molecular weight is 309 g/mol.